The van der Waals surface area contributed by atoms with Gasteiger partial charge in [-0.15, -0.1) is 0 Å². The van der Waals surface area contributed by atoms with E-state index in [1.165, 1.54) is 37.7 Å². The first-order valence-corrected chi connectivity index (χ1v) is 10.3. The lowest BCUT2D eigenvalue weighted by atomic mass is 9.86. The molecule has 0 spiro atoms. The molecule has 1 heterocycles. The highest BCUT2D eigenvalue weighted by molar-refractivity contribution is 6.30. The molecule has 1 saturated carbocycles. The summed E-state index contributed by atoms with van der Waals surface area (Å²) in [6.07, 6.45) is 10.7. The van der Waals surface area contributed by atoms with Gasteiger partial charge < -0.3 is 5.32 Å². The Kier molecular flexibility index (Phi) is 7.18. The van der Waals surface area contributed by atoms with Crippen LogP contribution < -0.4 is 5.32 Å². The topological polar surface area (TPSA) is 32.3 Å². The van der Waals surface area contributed by atoms with Crippen molar-refractivity contribution >= 4 is 17.5 Å². The molecule has 1 aromatic carbocycles. The smallest absolute Gasteiger partial charge is 0.220 e. The number of benzene rings is 1. The van der Waals surface area contributed by atoms with Crippen LogP contribution in [0.15, 0.2) is 24.3 Å². The summed E-state index contributed by atoms with van der Waals surface area (Å²) in [5.41, 5.74) is 1.30. The first-order chi connectivity index (χ1) is 12.2. The normalized spacial score (nSPS) is 20.5. The van der Waals surface area contributed by atoms with E-state index in [-0.39, 0.29) is 5.91 Å². The third kappa shape index (κ3) is 6.31. The number of amides is 1. The number of nitrogens with one attached hydrogen (secondary N) is 1. The largest absolute Gasteiger partial charge is 0.353 e. The molecule has 0 radical (unpaired) electrons. The van der Waals surface area contributed by atoms with Gasteiger partial charge in [-0.1, -0.05) is 55.8 Å². The van der Waals surface area contributed by atoms with Gasteiger partial charge in [-0.05, 0) is 42.9 Å². The predicted octanol–water partition coefficient (Wildman–Crippen LogP) is 4.78. The molecule has 0 unspecified atom stereocenters. The van der Waals surface area contributed by atoms with Crippen LogP contribution in [-0.2, 0) is 11.3 Å². The van der Waals surface area contributed by atoms with Crippen LogP contribution in [0.1, 0.15) is 63.4 Å². The first-order valence-electron chi connectivity index (χ1n) is 9.95. The molecule has 25 heavy (non-hydrogen) atoms. The van der Waals surface area contributed by atoms with E-state index < -0.39 is 0 Å². The maximum absolute atomic E-state index is 12.2. The van der Waals surface area contributed by atoms with Crippen LogP contribution in [0.2, 0.25) is 5.02 Å². The van der Waals surface area contributed by atoms with Crippen LogP contribution in [0.4, 0.5) is 0 Å². The zero-order chi connectivity index (χ0) is 17.5. The van der Waals surface area contributed by atoms with Crippen molar-refractivity contribution in [3.63, 3.8) is 0 Å². The van der Waals surface area contributed by atoms with E-state index in [9.17, 15) is 4.79 Å². The van der Waals surface area contributed by atoms with E-state index in [0.29, 0.717) is 6.04 Å². The number of carbonyl (C=O) groups excluding carboxylic acids is 1. The Bertz CT molecular complexity index is 531. The van der Waals surface area contributed by atoms with Crippen molar-refractivity contribution in [1.82, 2.24) is 10.2 Å². The molecule has 0 bridgehead atoms. The Hall–Kier alpha value is -1.06. The lowest BCUT2D eigenvalue weighted by Crippen LogP contribution is -2.44. The number of carbonyl (C=O) groups is 1. The van der Waals surface area contributed by atoms with Crippen LogP contribution in [-0.4, -0.2) is 29.9 Å². The van der Waals surface area contributed by atoms with Gasteiger partial charge in [-0.2, -0.15) is 0 Å². The van der Waals surface area contributed by atoms with E-state index in [1.54, 1.807) is 0 Å². The highest BCUT2D eigenvalue weighted by atomic mass is 35.5. The average molecular weight is 363 g/mol. The molecule has 4 heteroatoms. The average Bonchev–Trinajstić information content (AvgIpc) is 2.64. The summed E-state index contributed by atoms with van der Waals surface area (Å²) >= 11 is 5.94. The van der Waals surface area contributed by atoms with E-state index in [1.807, 2.05) is 12.1 Å². The first kappa shape index (κ1) is 18.7. The Morgan fingerprint density at radius 2 is 1.72 bits per heavy atom. The van der Waals surface area contributed by atoms with Crippen molar-refractivity contribution in [2.45, 2.75) is 70.4 Å². The number of nitrogens with zero attached hydrogens (tertiary/aromatic N) is 1. The summed E-state index contributed by atoms with van der Waals surface area (Å²) in [6, 6.07) is 8.47. The molecule has 1 aliphatic carbocycles. The number of likely N-dealkylation sites (tertiary alicyclic amines) is 1. The van der Waals surface area contributed by atoms with Gasteiger partial charge in [-0.3, -0.25) is 9.69 Å². The van der Waals surface area contributed by atoms with E-state index in [0.717, 1.165) is 56.3 Å². The predicted molar refractivity (Wildman–Crippen MR) is 104 cm³/mol. The van der Waals surface area contributed by atoms with Crippen LogP contribution in [0, 0.1) is 5.92 Å². The molecule has 1 N–H and O–H groups in total. The lowest BCUT2D eigenvalue weighted by molar-refractivity contribution is -0.122. The fourth-order valence-corrected chi connectivity index (χ4v) is 4.32. The molecule has 0 atom stereocenters. The number of hydrogen-bond acceptors (Lipinski definition) is 2. The Balaban J connectivity index is 1.33. The van der Waals surface area contributed by atoms with Crippen LogP contribution in [0.25, 0.3) is 0 Å². The van der Waals surface area contributed by atoms with Crippen molar-refractivity contribution in [3.8, 4) is 0 Å². The number of piperidine rings is 1. The maximum atomic E-state index is 12.2. The van der Waals surface area contributed by atoms with Gasteiger partial charge >= 0.3 is 0 Å². The highest BCUT2D eigenvalue weighted by Crippen LogP contribution is 2.27. The monoisotopic (exact) mass is 362 g/mol. The van der Waals surface area contributed by atoms with Gasteiger partial charge in [0, 0.05) is 37.1 Å². The quantitative estimate of drug-likeness (QED) is 0.789. The number of rotatable bonds is 6. The van der Waals surface area contributed by atoms with Gasteiger partial charge in [-0.25, -0.2) is 0 Å². The molecule has 1 aliphatic heterocycles. The van der Waals surface area contributed by atoms with Gasteiger partial charge in [0.05, 0.1) is 0 Å². The third-order valence-electron chi connectivity index (χ3n) is 5.78. The van der Waals surface area contributed by atoms with Crippen molar-refractivity contribution in [3.05, 3.63) is 34.9 Å². The lowest BCUT2D eigenvalue weighted by Gasteiger charge is -2.32. The van der Waals surface area contributed by atoms with Crippen molar-refractivity contribution in [2.24, 2.45) is 5.92 Å². The van der Waals surface area contributed by atoms with Crippen LogP contribution >= 0.6 is 11.6 Å². The van der Waals surface area contributed by atoms with Crippen molar-refractivity contribution in [2.75, 3.05) is 13.1 Å². The van der Waals surface area contributed by atoms with Crippen LogP contribution in [0.3, 0.4) is 0 Å². The van der Waals surface area contributed by atoms with E-state index in [4.69, 9.17) is 11.6 Å². The fraction of sp³-hybridized carbons (Fsp3) is 0.667. The zero-order valence-corrected chi connectivity index (χ0v) is 15.9. The molecule has 0 aromatic heterocycles. The molecule has 3 nitrogen and oxygen atoms in total. The van der Waals surface area contributed by atoms with E-state index in [2.05, 4.69) is 22.3 Å². The second-order valence-electron chi connectivity index (χ2n) is 7.79. The zero-order valence-electron chi connectivity index (χ0n) is 15.2. The summed E-state index contributed by atoms with van der Waals surface area (Å²) in [7, 11) is 0. The minimum atomic E-state index is 0.265. The minimum absolute atomic E-state index is 0.265. The second-order valence-corrected chi connectivity index (χ2v) is 8.22. The number of hydrogen-bond donors (Lipinski definition) is 1. The molecule has 1 saturated heterocycles. The molecular formula is C21H31ClN2O. The van der Waals surface area contributed by atoms with Gasteiger partial charge in [0.1, 0.15) is 0 Å². The summed E-state index contributed by atoms with van der Waals surface area (Å²) in [5, 5.41) is 4.06. The second kappa shape index (κ2) is 9.59. The molecule has 3 rings (SSSR count). The number of halogens is 1. The van der Waals surface area contributed by atoms with Crippen molar-refractivity contribution < 1.29 is 4.79 Å². The molecule has 138 valence electrons. The maximum Gasteiger partial charge on any atom is 0.220 e. The SMILES string of the molecule is O=C(CCC1CCCCC1)NC1CCN(Cc2ccc(Cl)cc2)CC1. The summed E-state index contributed by atoms with van der Waals surface area (Å²) in [6.45, 7) is 3.08. The summed E-state index contributed by atoms with van der Waals surface area (Å²) < 4.78 is 0. The van der Waals surface area contributed by atoms with E-state index >= 15 is 0 Å². The third-order valence-corrected chi connectivity index (χ3v) is 6.03. The highest BCUT2D eigenvalue weighted by Gasteiger charge is 2.21. The molecular weight excluding hydrogens is 332 g/mol. The molecule has 1 amide bonds. The minimum Gasteiger partial charge on any atom is -0.353 e. The summed E-state index contributed by atoms with van der Waals surface area (Å²) in [5.74, 6) is 1.06. The Morgan fingerprint density at radius 3 is 2.40 bits per heavy atom. The molecule has 2 fully saturated rings. The van der Waals surface area contributed by atoms with Crippen molar-refractivity contribution in [1.29, 1.82) is 0 Å². The fourth-order valence-electron chi connectivity index (χ4n) is 4.19. The summed E-state index contributed by atoms with van der Waals surface area (Å²) in [4.78, 5) is 14.7. The van der Waals surface area contributed by atoms with Gasteiger partial charge in [0.15, 0.2) is 0 Å². The molecule has 1 aromatic rings. The van der Waals surface area contributed by atoms with Gasteiger partial charge in [0.25, 0.3) is 0 Å². The Morgan fingerprint density at radius 1 is 1.04 bits per heavy atom. The van der Waals surface area contributed by atoms with Gasteiger partial charge in [0.2, 0.25) is 5.91 Å². The molecule has 2 aliphatic rings. The van der Waals surface area contributed by atoms with Crippen LogP contribution in [0.5, 0.6) is 0 Å². The standard InChI is InChI=1S/C21H31ClN2O/c22-19-9-6-18(7-10-19)16-24-14-12-20(13-15-24)23-21(25)11-8-17-4-2-1-3-5-17/h6-7,9-10,17,20H,1-5,8,11-16H2,(H,23,25). The Labute approximate surface area is 157 Å².